The number of rotatable bonds is 3. The van der Waals surface area contributed by atoms with Gasteiger partial charge in [-0.3, -0.25) is 10.1 Å². The number of imidazole rings is 1. The minimum Gasteiger partial charge on any atom is -0.478 e. The number of nitrogens with one attached hydrogen (secondary N) is 2. The molecule has 4 rings (SSSR count). The van der Waals surface area contributed by atoms with Crippen LogP contribution < -0.4 is 5.32 Å². The van der Waals surface area contributed by atoms with E-state index in [0.29, 0.717) is 17.0 Å². The number of anilines is 1. The summed E-state index contributed by atoms with van der Waals surface area (Å²) < 4.78 is 0. The van der Waals surface area contributed by atoms with Gasteiger partial charge in [-0.05, 0) is 37.1 Å². The summed E-state index contributed by atoms with van der Waals surface area (Å²) >= 11 is 0. The Labute approximate surface area is 167 Å². The first kappa shape index (κ1) is 18.7. The van der Waals surface area contributed by atoms with Gasteiger partial charge >= 0.3 is 5.97 Å². The van der Waals surface area contributed by atoms with Gasteiger partial charge < -0.3 is 10.1 Å². The predicted molar refractivity (Wildman–Crippen MR) is 109 cm³/mol. The number of aromatic amines is 1. The number of aromatic carboxylic acids is 1. The number of hydrogen-bond acceptors (Lipinski definition) is 4. The number of para-hydroxylation sites is 1. The molecule has 2 aromatic heterocycles. The summed E-state index contributed by atoms with van der Waals surface area (Å²) in [5, 5.41) is 12.0. The molecule has 1 saturated carbocycles. The molecule has 0 saturated heterocycles. The highest BCUT2D eigenvalue weighted by Crippen LogP contribution is 2.23. The molecule has 1 aliphatic rings. The summed E-state index contributed by atoms with van der Waals surface area (Å²) in [6.45, 7) is 0. The molecule has 1 amide bonds. The third-order valence-corrected chi connectivity index (χ3v) is 5.01. The van der Waals surface area contributed by atoms with Gasteiger partial charge in [0.1, 0.15) is 11.2 Å². The van der Waals surface area contributed by atoms with Crippen LogP contribution in [0.4, 0.5) is 5.95 Å². The van der Waals surface area contributed by atoms with Crippen molar-refractivity contribution in [3.8, 4) is 11.8 Å². The van der Waals surface area contributed by atoms with Crippen molar-refractivity contribution in [2.45, 2.75) is 32.1 Å². The van der Waals surface area contributed by atoms with Crippen molar-refractivity contribution in [1.82, 2.24) is 15.0 Å². The number of fused-ring (bicyclic) bond motifs is 1. The molecular formula is C22H20N4O3. The fraction of sp³-hybridized carbons (Fsp3) is 0.273. The monoisotopic (exact) mass is 388 g/mol. The summed E-state index contributed by atoms with van der Waals surface area (Å²) in [5.74, 6) is 5.40. The van der Waals surface area contributed by atoms with Gasteiger partial charge in [0.15, 0.2) is 0 Å². The average molecular weight is 388 g/mol. The van der Waals surface area contributed by atoms with Crippen LogP contribution in [-0.4, -0.2) is 31.9 Å². The van der Waals surface area contributed by atoms with Crippen molar-refractivity contribution < 1.29 is 14.7 Å². The molecule has 3 aromatic rings. The third kappa shape index (κ3) is 4.11. The first-order valence-electron chi connectivity index (χ1n) is 9.62. The molecule has 2 heterocycles. The van der Waals surface area contributed by atoms with Gasteiger partial charge in [-0.1, -0.05) is 37.2 Å². The minimum atomic E-state index is -1.08. The van der Waals surface area contributed by atoms with Crippen molar-refractivity contribution in [3.05, 3.63) is 53.3 Å². The lowest BCUT2D eigenvalue weighted by Gasteiger charge is -2.15. The van der Waals surface area contributed by atoms with Crippen molar-refractivity contribution in [2.75, 3.05) is 5.32 Å². The Morgan fingerprint density at radius 1 is 1.14 bits per heavy atom. The highest BCUT2D eigenvalue weighted by molar-refractivity contribution is 6.05. The van der Waals surface area contributed by atoms with E-state index in [1.807, 2.05) is 0 Å². The van der Waals surface area contributed by atoms with Crippen LogP contribution in [0, 0.1) is 17.8 Å². The number of pyridine rings is 1. The number of carboxylic acid groups (broad SMARTS) is 1. The van der Waals surface area contributed by atoms with Crippen LogP contribution >= 0.6 is 0 Å². The van der Waals surface area contributed by atoms with Crippen molar-refractivity contribution in [3.63, 3.8) is 0 Å². The normalized spacial score (nSPS) is 14.2. The van der Waals surface area contributed by atoms with Gasteiger partial charge in [0.05, 0.1) is 16.6 Å². The number of H-pyrrole nitrogens is 1. The van der Waals surface area contributed by atoms with Crippen molar-refractivity contribution in [1.29, 1.82) is 0 Å². The number of carbonyl (C=O) groups excluding carboxylic acids is 1. The zero-order valence-electron chi connectivity index (χ0n) is 15.7. The predicted octanol–water partition coefficient (Wildman–Crippen LogP) is 3.84. The molecule has 29 heavy (non-hydrogen) atoms. The number of amides is 1. The highest BCUT2D eigenvalue weighted by Gasteiger charge is 2.17. The summed E-state index contributed by atoms with van der Waals surface area (Å²) in [6.07, 6.45) is 7.40. The SMILES string of the molecule is O=C(Nc1nc2c(C(=O)O)cccc2[nH]1)c1ncccc1C#CC1CCCCC1. The molecule has 0 unspecified atom stereocenters. The maximum Gasteiger partial charge on any atom is 0.337 e. The minimum absolute atomic E-state index is 0.0659. The Bertz CT molecular complexity index is 1130. The van der Waals surface area contributed by atoms with Crippen LogP contribution in [0.3, 0.4) is 0 Å². The summed E-state index contributed by atoms with van der Waals surface area (Å²) in [7, 11) is 0. The molecule has 1 fully saturated rings. The smallest absolute Gasteiger partial charge is 0.337 e. The van der Waals surface area contributed by atoms with Gasteiger partial charge in [0.25, 0.3) is 5.91 Å². The average Bonchev–Trinajstić information content (AvgIpc) is 3.15. The summed E-state index contributed by atoms with van der Waals surface area (Å²) in [6, 6.07) is 8.31. The van der Waals surface area contributed by atoms with Crippen LogP contribution in [0.2, 0.25) is 0 Å². The number of benzene rings is 1. The molecule has 146 valence electrons. The second-order valence-corrected chi connectivity index (χ2v) is 7.05. The van der Waals surface area contributed by atoms with Gasteiger partial charge in [-0.2, -0.15) is 0 Å². The van der Waals surface area contributed by atoms with Gasteiger partial charge in [-0.15, -0.1) is 0 Å². The molecule has 0 bridgehead atoms. The molecule has 1 aromatic carbocycles. The largest absolute Gasteiger partial charge is 0.478 e. The van der Waals surface area contributed by atoms with E-state index in [1.165, 1.54) is 25.3 Å². The van der Waals surface area contributed by atoms with Crippen LogP contribution in [-0.2, 0) is 0 Å². The molecule has 7 nitrogen and oxygen atoms in total. The second-order valence-electron chi connectivity index (χ2n) is 7.05. The molecule has 0 spiro atoms. The Morgan fingerprint density at radius 2 is 1.97 bits per heavy atom. The third-order valence-electron chi connectivity index (χ3n) is 5.01. The van der Waals surface area contributed by atoms with E-state index in [-0.39, 0.29) is 22.7 Å². The van der Waals surface area contributed by atoms with Crippen molar-refractivity contribution >= 4 is 28.9 Å². The molecule has 3 N–H and O–H groups in total. The van der Waals surface area contributed by atoms with E-state index in [9.17, 15) is 14.7 Å². The standard InChI is InChI=1S/C22H20N4O3/c27-20(26-22-24-17-10-4-9-16(21(28)29)19(17)25-22)18-15(8-5-13-23-18)12-11-14-6-2-1-3-7-14/h4-5,8-10,13-14H,1-3,6-7H2,(H,28,29)(H2,24,25,26,27). The number of carboxylic acids is 1. The lowest BCUT2D eigenvalue weighted by molar-refractivity contribution is 0.0698. The molecule has 7 heteroatoms. The first-order valence-corrected chi connectivity index (χ1v) is 9.62. The summed E-state index contributed by atoms with van der Waals surface area (Å²) in [5.41, 5.74) is 1.66. The van der Waals surface area contributed by atoms with Gasteiger partial charge in [0.2, 0.25) is 5.95 Å². The van der Waals surface area contributed by atoms with Crippen LogP contribution in [0.5, 0.6) is 0 Å². The Hall–Kier alpha value is -3.66. The topological polar surface area (TPSA) is 108 Å². The number of aromatic nitrogens is 3. The van der Waals surface area contributed by atoms with Crippen molar-refractivity contribution in [2.24, 2.45) is 5.92 Å². The fourth-order valence-electron chi connectivity index (χ4n) is 3.54. The molecular weight excluding hydrogens is 368 g/mol. The van der Waals surface area contributed by atoms with Gasteiger partial charge in [0, 0.05) is 12.1 Å². The van der Waals surface area contributed by atoms with E-state index < -0.39 is 11.9 Å². The maximum atomic E-state index is 12.8. The number of nitrogens with zero attached hydrogens (tertiary/aromatic N) is 2. The molecule has 0 atom stereocenters. The molecule has 0 radical (unpaired) electrons. The van der Waals surface area contributed by atoms with E-state index in [0.717, 1.165) is 12.8 Å². The zero-order valence-corrected chi connectivity index (χ0v) is 15.7. The van der Waals surface area contributed by atoms with E-state index in [2.05, 4.69) is 32.1 Å². The second kappa shape index (κ2) is 8.15. The zero-order chi connectivity index (χ0) is 20.2. The highest BCUT2D eigenvalue weighted by atomic mass is 16.4. The summed E-state index contributed by atoms with van der Waals surface area (Å²) in [4.78, 5) is 35.4. The van der Waals surface area contributed by atoms with E-state index in [1.54, 1.807) is 30.5 Å². The van der Waals surface area contributed by atoms with E-state index in [4.69, 9.17) is 0 Å². The molecule has 1 aliphatic carbocycles. The fourth-order valence-corrected chi connectivity index (χ4v) is 3.54. The lowest BCUT2D eigenvalue weighted by atomic mass is 9.89. The van der Waals surface area contributed by atoms with Crippen LogP contribution in [0.25, 0.3) is 11.0 Å². The number of carbonyl (C=O) groups is 2. The van der Waals surface area contributed by atoms with Gasteiger partial charge in [-0.25, -0.2) is 14.8 Å². The van der Waals surface area contributed by atoms with E-state index >= 15 is 0 Å². The van der Waals surface area contributed by atoms with Crippen LogP contribution in [0.15, 0.2) is 36.5 Å². The number of hydrogen-bond donors (Lipinski definition) is 3. The van der Waals surface area contributed by atoms with Crippen LogP contribution in [0.1, 0.15) is 58.5 Å². The quantitative estimate of drug-likeness (QED) is 0.591. The molecule has 0 aliphatic heterocycles. The Kier molecular flexibility index (Phi) is 5.25. The Morgan fingerprint density at radius 3 is 2.76 bits per heavy atom. The maximum absolute atomic E-state index is 12.8. The lowest BCUT2D eigenvalue weighted by Crippen LogP contribution is -2.16. The Balaban J connectivity index is 1.58. The first-order chi connectivity index (χ1) is 14.1.